The normalized spacial score (nSPS) is 20.9. The monoisotopic (exact) mass is 239 g/mol. The Morgan fingerprint density at radius 1 is 1.53 bits per heavy atom. The van der Waals surface area contributed by atoms with Crippen molar-refractivity contribution in [3.05, 3.63) is 29.6 Å². The van der Waals surface area contributed by atoms with Crippen LogP contribution in [0.25, 0.3) is 0 Å². The molecule has 1 aliphatic rings. The van der Waals surface area contributed by atoms with Gasteiger partial charge < -0.3 is 20.9 Å². The van der Waals surface area contributed by atoms with Gasteiger partial charge in [-0.1, -0.05) is 5.16 Å². The molecule has 1 fully saturated rings. The van der Waals surface area contributed by atoms with Gasteiger partial charge >= 0.3 is 0 Å². The minimum Gasteiger partial charge on any atom is -0.409 e. The first-order valence-corrected chi connectivity index (χ1v) is 5.32. The zero-order valence-corrected chi connectivity index (χ0v) is 9.17. The average Bonchev–Trinajstić information content (AvgIpc) is 2.74. The summed E-state index contributed by atoms with van der Waals surface area (Å²) in [7, 11) is 0. The van der Waals surface area contributed by atoms with Crippen LogP contribution in [-0.4, -0.2) is 35.3 Å². The SMILES string of the molecule is NC(=NO)c1ccc(N2CCC(O)C2)c(F)c1. The third-order valence-electron chi connectivity index (χ3n) is 2.86. The van der Waals surface area contributed by atoms with E-state index in [-0.39, 0.29) is 5.84 Å². The largest absolute Gasteiger partial charge is 0.409 e. The Morgan fingerprint density at radius 2 is 2.29 bits per heavy atom. The first kappa shape index (κ1) is 11.7. The summed E-state index contributed by atoms with van der Waals surface area (Å²) < 4.78 is 13.8. The van der Waals surface area contributed by atoms with Crippen LogP contribution in [-0.2, 0) is 0 Å². The lowest BCUT2D eigenvalue weighted by Crippen LogP contribution is -2.22. The Hall–Kier alpha value is -1.82. The Balaban J connectivity index is 2.26. The molecule has 0 amide bonds. The van der Waals surface area contributed by atoms with Crippen LogP contribution in [0, 0.1) is 5.82 Å². The van der Waals surface area contributed by atoms with Gasteiger partial charge in [0.15, 0.2) is 5.84 Å². The highest BCUT2D eigenvalue weighted by atomic mass is 19.1. The molecule has 1 aromatic rings. The van der Waals surface area contributed by atoms with Crippen LogP contribution in [0.5, 0.6) is 0 Å². The molecule has 0 radical (unpaired) electrons. The molecule has 5 nitrogen and oxygen atoms in total. The standard InChI is InChI=1S/C11H14FN3O2/c12-9-5-7(11(13)14-17)1-2-10(9)15-4-3-8(16)6-15/h1-2,5,8,16-17H,3-4,6H2,(H2,13,14). The summed E-state index contributed by atoms with van der Waals surface area (Å²) in [6.45, 7) is 1.06. The van der Waals surface area contributed by atoms with Crippen LogP contribution in [0.4, 0.5) is 10.1 Å². The van der Waals surface area contributed by atoms with Crippen molar-refractivity contribution in [1.29, 1.82) is 0 Å². The molecule has 4 N–H and O–H groups in total. The summed E-state index contributed by atoms with van der Waals surface area (Å²) in [5, 5.41) is 20.7. The van der Waals surface area contributed by atoms with Crippen LogP contribution in [0.15, 0.2) is 23.4 Å². The molecule has 0 aliphatic carbocycles. The number of benzene rings is 1. The van der Waals surface area contributed by atoms with Gasteiger partial charge in [-0.3, -0.25) is 0 Å². The molecule has 1 heterocycles. The van der Waals surface area contributed by atoms with Gasteiger partial charge in [-0.15, -0.1) is 0 Å². The van der Waals surface area contributed by atoms with Crippen LogP contribution in [0.3, 0.4) is 0 Å². The highest BCUT2D eigenvalue weighted by molar-refractivity contribution is 5.97. The van der Waals surface area contributed by atoms with Gasteiger partial charge in [0.2, 0.25) is 0 Å². The quantitative estimate of drug-likeness (QED) is 0.303. The fourth-order valence-corrected chi connectivity index (χ4v) is 1.94. The second kappa shape index (κ2) is 4.58. The Bertz CT molecular complexity index is 450. The number of nitrogens with zero attached hydrogens (tertiary/aromatic N) is 2. The van der Waals surface area contributed by atoms with Crippen molar-refractivity contribution in [3.8, 4) is 0 Å². The lowest BCUT2D eigenvalue weighted by Gasteiger charge is -2.18. The first-order chi connectivity index (χ1) is 8.11. The summed E-state index contributed by atoms with van der Waals surface area (Å²) in [6, 6.07) is 4.37. The number of oxime groups is 1. The minimum absolute atomic E-state index is 0.128. The van der Waals surface area contributed by atoms with Crippen LogP contribution >= 0.6 is 0 Å². The molecule has 1 aliphatic heterocycles. The number of amidine groups is 1. The number of hydrogen-bond acceptors (Lipinski definition) is 4. The maximum Gasteiger partial charge on any atom is 0.170 e. The third kappa shape index (κ3) is 2.31. The van der Waals surface area contributed by atoms with Crippen LogP contribution in [0.1, 0.15) is 12.0 Å². The molecule has 2 rings (SSSR count). The molecule has 92 valence electrons. The van der Waals surface area contributed by atoms with Crippen LogP contribution < -0.4 is 10.6 Å². The Labute approximate surface area is 98.0 Å². The number of nitrogens with two attached hydrogens (primary N) is 1. The van der Waals surface area contributed by atoms with Crippen molar-refractivity contribution >= 4 is 11.5 Å². The topological polar surface area (TPSA) is 82.1 Å². The summed E-state index contributed by atoms with van der Waals surface area (Å²) in [4.78, 5) is 1.77. The van der Waals surface area contributed by atoms with Crippen molar-refractivity contribution in [3.63, 3.8) is 0 Å². The number of aliphatic hydroxyl groups excluding tert-OH is 1. The van der Waals surface area contributed by atoms with Crippen molar-refractivity contribution in [2.24, 2.45) is 10.9 Å². The van der Waals surface area contributed by atoms with Gasteiger partial charge in [-0.2, -0.15) is 0 Å². The Morgan fingerprint density at radius 3 is 2.82 bits per heavy atom. The average molecular weight is 239 g/mol. The highest BCUT2D eigenvalue weighted by Gasteiger charge is 2.22. The van der Waals surface area contributed by atoms with Crippen molar-refractivity contribution in [1.82, 2.24) is 0 Å². The molecular weight excluding hydrogens is 225 g/mol. The number of aliphatic hydroxyl groups is 1. The predicted molar refractivity (Wildman–Crippen MR) is 61.7 cm³/mol. The second-order valence-corrected chi connectivity index (χ2v) is 4.04. The predicted octanol–water partition coefficient (Wildman–Crippen LogP) is 0.491. The van der Waals surface area contributed by atoms with Gasteiger partial charge in [0.1, 0.15) is 5.82 Å². The smallest absolute Gasteiger partial charge is 0.170 e. The van der Waals surface area contributed by atoms with Gasteiger partial charge in [-0.25, -0.2) is 4.39 Å². The van der Waals surface area contributed by atoms with Crippen molar-refractivity contribution in [2.45, 2.75) is 12.5 Å². The third-order valence-corrected chi connectivity index (χ3v) is 2.86. The van der Waals surface area contributed by atoms with E-state index in [4.69, 9.17) is 10.9 Å². The van der Waals surface area contributed by atoms with E-state index >= 15 is 0 Å². The Kier molecular flexibility index (Phi) is 3.14. The molecule has 1 saturated heterocycles. The molecule has 1 atom stereocenters. The highest BCUT2D eigenvalue weighted by Crippen LogP contribution is 2.24. The molecule has 0 saturated carbocycles. The minimum atomic E-state index is -0.441. The van der Waals surface area contributed by atoms with Gasteiger partial charge in [0.05, 0.1) is 11.8 Å². The number of halogens is 1. The van der Waals surface area contributed by atoms with E-state index in [1.807, 2.05) is 0 Å². The van der Waals surface area contributed by atoms with Gasteiger partial charge in [-0.05, 0) is 24.6 Å². The summed E-state index contributed by atoms with van der Waals surface area (Å²) >= 11 is 0. The van der Waals surface area contributed by atoms with E-state index in [9.17, 15) is 9.50 Å². The maximum atomic E-state index is 13.8. The van der Waals surface area contributed by atoms with Crippen molar-refractivity contribution < 1.29 is 14.7 Å². The number of anilines is 1. The van der Waals surface area contributed by atoms with Gasteiger partial charge in [0, 0.05) is 18.7 Å². The van der Waals surface area contributed by atoms with E-state index in [0.717, 1.165) is 0 Å². The lowest BCUT2D eigenvalue weighted by molar-refractivity contribution is 0.198. The van der Waals surface area contributed by atoms with Gasteiger partial charge in [0.25, 0.3) is 0 Å². The fourth-order valence-electron chi connectivity index (χ4n) is 1.94. The summed E-state index contributed by atoms with van der Waals surface area (Å²) in [5.74, 6) is -0.569. The van der Waals surface area contributed by atoms with E-state index in [0.29, 0.717) is 30.8 Å². The molecule has 0 spiro atoms. The number of β-amino-alcohol motifs (C(OH)–C–C–N with tert-alkyl or cyclic N) is 1. The summed E-state index contributed by atoms with van der Waals surface area (Å²) in [6.07, 6.45) is 0.236. The summed E-state index contributed by atoms with van der Waals surface area (Å²) in [5.41, 5.74) is 6.12. The molecule has 17 heavy (non-hydrogen) atoms. The van der Waals surface area contributed by atoms with Crippen molar-refractivity contribution in [2.75, 3.05) is 18.0 Å². The van der Waals surface area contributed by atoms with Crippen LogP contribution in [0.2, 0.25) is 0 Å². The first-order valence-electron chi connectivity index (χ1n) is 5.32. The number of hydrogen-bond donors (Lipinski definition) is 3. The molecule has 0 bridgehead atoms. The maximum absolute atomic E-state index is 13.8. The molecule has 1 unspecified atom stereocenters. The number of rotatable bonds is 2. The van der Waals surface area contributed by atoms with E-state index in [1.54, 1.807) is 17.0 Å². The van der Waals surface area contributed by atoms with E-state index in [1.165, 1.54) is 6.07 Å². The second-order valence-electron chi connectivity index (χ2n) is 4.04. The zero-order valence-electron chi connectivity index (χ0n) is 9.17. The molecular formula is C11H14FN3O2. The van der Waals surface area contributed by atoms with E-state index in [2.05, 4.69) is 5.16 Å². The molecule has 6 heteroatoms. The van der Waals surface area contributed by atoms with E-state index < -0.39 is 11.9 Å². The molecule has 0 aromatic heterocycles. The zero-order chi connectivity index (χ0) is 12.4. The molecule has 1 aromatic carbocycles. The lowest BCUT2D eigenvalue weighted by atomic mass is 10.1. The fraction of sp³-hybridized carbons (Fsp3) is 0.364.